The molecule has 0 saturated heterocycles. The van der Waals surface area contributed by atoms with Gasteiger partial charge in [0.1, 0.15) is 0 Å². The maximum Gasteiger partial charge on any atom is 0.181 e. The summed E-state index contributed by atoms with van der Waals surface area (Å²) in [6, 6.07) is 8.33. The molecule has 0 spiro atoms. The Morgan fingerprint density at radius 1 is 1.29 bits per heavy atom. The molecule has 1 aliphatic heterocycles. The molecular formula is C16H18BrN3O. The van der Waals surface area contributed by atoms with Gasteiger partial charge < -0.3 is 4.84 Å². The van der Waals surface area contributed by atoms with E-state index < -0.39 is 5.60 Å². The topological polar surface area (TPSA) is 39.4 Å². The number of halogens is 1. The van der Waals surface area contributed by atoms with Crippen LogP contribution < -0.4 is 0 Å². The van der Waals surface area contributed by atoms with E-state index in [2.05, 4.69) is 64.3 Å². The number of benzene rings is 1. The van der Waals surface area contributed by atoms with E-state index in [0.29, 0.717) is 0 Å². The summed E-state index contributed by atoms with van der Waals surface area (Å²) in [5.41, 5.74) is 4.85. The van der Waals surface area contributed by atoms with Crippen LogP contribution in [0.1, 0.15) is 35.9 Å². The Bertz CT molecular complexity index is 735. The number of rotatable bonds is 2. The lowest BCUT2D eigenvalue weighted by atomic mass is 9.92. The molecule has 1 aromatic carbocycles. The second-order valence-corrected chi connectivity index (χ2v) is 6.65. The molecule has 2 aromatic rings. The van der Waals surface area contributed by atoms with Crippen molar-refractivity contribution in [1.29, 1.82) is 0 Å². The maximum absolute atomic E-state index is 5.77. The van der Waals surface area contributed by atoms with Crippen LogP contribution >= 0.6 is 15.9 Å². The zero-order valence-electron chi connectivity index (χ0n) is 12.6. The zero-order valence-corrected chi connectivity index (χ0v) is 14.2. The first kappa shape index (κ1) is 14.3. The lowest BCUT2D eigenvalue weighted by Gasteiger charge is -2.21. The van der Waals surface area contributed by atoms with Gasteiger partial charge in [0, 0.05) is 23.5 Å². The van der Waals surface area contributed by atoms with Crippen LogP contribution in [0.3, 0.4) is 0 Å². The van der Waals surface area contributed by atoms with Crippen molar-refractivity contribution in [3.63, 3.8) is 0 Å². The number of aryl methyl sites for hydroxylation is 3. The Labute approximate surface area is 132 Å². The molecule has 0 radical (unpaired) electrons. The van der Waals surface area contributed by atoms with Crippen LogP contribution in [0.15, 0.2) is 33.9 Å². The third kappa shape index (κ3) is 2.50. The van der Waals surface area contributed by atoms with Crippen molar-refractivity contribution in [2.24, 2.45) is 12.2 Å². The maximum atomic E-state index is 5.77. The first-order valence-electron chi connectivity index (χ1n) is 6.92. The molecule has 3 rings (SSSR count). The van der Waals surface area contributed by atoms with E-state index in [1.165, 1.54) is 5.56 Å². The van der Waals surface area contributed by atoms with Gasteiger partial charge in [0.05, 0.1) is 17.1 Å². The largest absolute Gasteiger partial charge is 0.382 e. The smallest absolute Gasteiger partial charge is 0.181 e. The van der Waals surface area contributed by atoms with Gasteiger partial charge in [-0.3, -0.25) is 4.68 Å². The molecule has 110 valence electrons. The van der Waals surface area contributed by atoms with Crippen molar-refractivity contribution in [3.05, 3.63) is 51.3 Å². The number of hydrogen-bond donors (Lipinski definition) is 0. The Kier molecular flexibility index (Phi) is 3.40. The van der Waals surface area contributed by atoms with Crippen LogP contribution in [0.5, 0.6) is 0 Å². The molecule has 0 aliphatic carbocycles. The van der Waals surface area contributed by atoms with Crippen LogP contribution in [-0.2, 0) is 17.5 Å². The highest BCUT2D eigenvalue weighted by molar-refractivity contribution is 9.10. The van der Waals surface area contributed by atoms with Gasteiger partial charge in [-0.05, 0) is 38.5 Å². The van der Waals surface area contributed by atoms with E-state index in [9.17, 15) is 0 Å². The summed E-state index contributed by atoms with van der Waals surface area (Å²) in [5.74, 6) is 0. The fourth-order valence-corrected chi connectivity index (χ4v) is 3.09. The van der Waals surface area contributed by atoms with Gasteiger partial charge in [-0.2, -0.15) is 5.10 Å². The third-order valence-electron chi connectivity index (χ3n) is 3.91. The zero-order chi connectivity index (χ0) is 15.2. The molecule has 0 saturated carbocycles. The summed E-state index contributed by atoms with van der Waals surface area (Å²) in [6.45, 7) is 6.12. The molecule has 0 bridgehead atoms. The average molecular weight is 348 g/mol. The minimum atomic E-state index is -0.456. The fraction of sp³-hybridized carbons (Fsp3) is 0.375. The van der Waals surface area contributed by atoms with Crippen LogP contribution in [0.25, 0.3) is 0 Å². The Morgan fingerprint density at radius 3 is 2.67 bits per heavy atom. The minimum Gasteiger partial charge on any atom is -0.382 e. The first-order chi connectivity index (χ1) is 9.89. The summed E-state index contributed by atoms with van der Waals surface area (Å²) < 4.78 is 2.96. The van der Waals surface area contributed by atoms with Crippen LogP contribution in [0.4, 0.5) is 0 Å². The van der Waals surface area contributed by atoms with Crippen LogP contribution in [-0.4, -0.2) is 15.5 Å². The normalized spacial score (nSPS) is 21.3. The van der Waals surface area contributed by atoms with E-state index >= 15 is 0 Å². The number of nitrogens with zero attached hydrogens (tertiary/aromatic N) is 3. The molecule has 1 aliphatic rings. The highest BCUT2D eigenvalue weighted by Crippen LogP contribution is 2.36. The van der Waals surface area contributed by atoms with Gasteiger partial charge in [0.2, 0.25) is 0 Å². The summed E-state index contributed by atoms with van der Waals surface area (Å²) in [4.78, 5) is 5.77. The SMILES string of the molecule is Cc1cc(C2(C)CC(c3ccc(C)c(Br)c3)=NO2)n(C)n1. The van der Waals surface area contributed by atoms with Crippen molar-refractivity contribution in [2.75, 3.05) is 0 Å². The van der Waals surface area contributed by atoms with Crippen molar-refractivity contribution >= 4 is 21.6 Å². The molecule has 0 amide bonds. The molecule has 5 heteroatoms. The highest BCUT2D eigenvalue weighted by atomic mass is 79.9. The summed E-state index contributed by atoms with van der Waals surface area (Å²) >= 11 is 3.57. The average Bonchev–Trinajstić information content (AvgIpc) is 2.97. The van der Waals surface area contributed by atoms with E-state index in [1.807, 2.05) is 18.7 Å². The number of hydrogen-bond acceptors (Lipinski definition) is 3. The molecule has 1 unspecified atom stereocenters. The predicted molar refractivity (Wildman–Crippen MR) is 86.4 cm³/mol. The molecule has 0 fully saturated rings. The van der Waals surface area contributed by atoms with Gasteiger partial charge in [0.15, 0.2) is 5.60 Å². The van der Waals surface area contributed by atoms with Gasteiger partial charge >= 0.3 is 0 Å². The lowest BCUT2D eigenvalue weighted by molar-refractivity contribution is -0.0135. The molecule has 2 heterocycles. The standard InChI is InChI=1S/C16H18BrN3O/c1-10-5-6-12(8-13(10)17)14-9-16(3,21-19-14)15-7-11(2)18-20(15)4/h5-8H,9H2,1-4H3. The summed E-state index contributed by atoms with van der Waals surface area (Å²) in [5, 5.41) is 8.71. The predicted octanol–water partition coefficient (Wildman–Crippen LogP) is 3.84. The molecule has 0 N–H and O–H groups in total. The number of oxime groups is 1. The van der Waals surface area contributed by atoms with E-state index in [0.717, 1.165) is 33.6 Å². The van der Waals surface area contributed by atoms with Crippen LogP contribution in [0.2, 0.25) is 0 Å². The molecule has 1 atom stereocenters. The van der Waals surface area contributed by atoms with Gasteiger partial charge in [-0.15, -0.1) is 0 Å². The summed E-state index contributed by atoms with van der Waals surface area (Å²) in [7, 11) is 1.94. The van der Waals surface area contributed by atoms with Crippen molar-refractivity contribution in [3.8, 4) is 0 Å². The number of aromatic nitrogens is 2. The lowest BCUT2D eigenvalue weighted by Crippen LogP contribution is -2.25. The second-order valence-electron chi connectivity index (χ2n) is 5.80. The molecule has 4 nitrogen and oxygen atoms in total. The van der Waals surface area contributed by atoms with Crippen LogP contribution in [0, 0.1) is 13.8 Å². The van der Waals surface area contributed by atoms with Crippen molar-refractivity contribution < 1.29 is 4.84 Å². The Hall–Kier alpha value is -1.62. The summed E-state index contributed by atoms with van der Waals surface area (Å²) in [6.07, 6.45) is 0.738. The highest BCUT2D eigenvalue weighted by Gasteiger charge is 2.39. The van der Waals surface area contributed by atoms with Crippen molar-refractivity contribution in [2.45, 2.75) is 32.8 Å². The monoisotopic (exact) mass is 347 g/mol. The first-order valence-corrected chi connectivity index (χ1v) is 7.71. The van der Waals surface area contributed by atoms with Gasteiger partial charge in [-0.1, -0.05) is 33.2 Å². The Balaban J connectivity index is 1.90. The Morgan fingerprint density at radius 2 is 2.05 bits per heavy atom. The fourth-order valence-electron chi connectivity index (χ4n) is 2.71. The molecule has 21 heavy (non-hydrogen) atoms. The molecule has 1 aromatic heterocycles. The van der Waals surface area contributed by atoms with Gasteiger partial charge in [-0.25, -0.2) is 0 Å². The van der Waals surface area contributed by atoms with E-state index in [4.69, 9.17) is 4.84 Å². The molecular weight excluding hydrogens is 330 g/mol. The minimum absolute atomic E-state index is 0.456. The van der Waals surface area contributed by atoms with Gasteiger partial charge in [0.25, 0.3) is 0 Å². The quantitative estimate of drug-likeness (QED) is 0.827. The van der Waals surface area contributed by atoms with E-state index in [-0.39, 0.29) is 0 Å². The van der Waals surface area contributed by atoms with Crippen molar-refractivity contribution in [1.82, 2.24) is 9.78 Å². The van der Waals surface area contributed by atoms with E-state index in [1.54, 1.807) is 0 Å². The second kappa shape index (κ2) is 4.98. The third-order valence-corrected chi connectivity index (χ3v) is 4.77.